The minimum absolute atomic E-state index is 0.0236. The summed E-state index contributed by atoms with van der Waals surface area (Å²) in [7, 11) is 0. The second-order valence-electron chi connectivity index (χ2n) is 6.36. The molecule has 0 spiro atoms. The van der Waals surface area contributed by atoms with Gasteiger partial charge in [0.25, 0.3) is 5.91 Å². The highest BCUT2D eigenvalue weighted by Gasteiger charge is 2.33. The van der Waals surface area contributed by atoms with E-state index in [1.807, 2.05) is 78.9 Å². The predicted molar refractivity (Wildman–Crippen MR) is 114 cm³/mol. The van der Waals surface area contributed by atoms with Crippen molar-refractivity contribution in [2.24, 2.45) is 4.99 Å². The van der Waals surface area contributed by atoms with Crippen molar-refractivity contribution in [3.8, 4) is 0 Å². The number of amides is 1. The van der Waals surface area contributed by atoms with Gasteiger partial charge in [-0.25, -0.2) is 0 Å². The third kappa shape index (κ3) is 4.38. The van der Waals surface area contributed by atoms with Crippen LogP contribution in [0.1, 0.15) is 16.7 Å². The smallest absolute Gasteiger partial charge is 0.267 e. The molecule has 4 nitrogen and oxygen atoms in total. The summed E-state index contributed by atoms with van der Waals surface area (Å²) in [5.74, 6) is -0.0236. The largest absolute Gasteiger partial charge is 0.282 e. The Morgan fingerprint density at radius 2 is 1.64 bits per heavy atom. The number of rotatable bonds is 5. The normalized spacial score (nSPS) is 16.9. The zero-order chi connectivity index (χ0) is 19.2. The Labute approximate surface area is 168 Å². The number of nitrogens with zero attached hydrogens (tertiary/aromatic N) is 3. The lowest BCUT2D eigenvalue weighted by atomic mass is 10.2. The fourth-order valence-electron chi connectivity index (χ4n) is 2.89. The molecule has 0 radical (unpaired) electrons. The first-order valence-electron chi connectivity index (χ1n) is 9.03. The highest BCUT2D eigenvalue weighted by molar-refractivity contribution is 8.18. The summed E-state index contributed by atoms with van der Waals surface area (Å²) in [4.78, 5) is 24.4. The van der Waals surface area contributed by atoms with Crippen molar-refractivity contribution in [2.45, 2.75) is 13.1 Å². The van der Waals surface area contributed by atoms with E-state index < -0.39 is 0 Å². The molecule has 28 heavy (non-hydrogen) atoms. The van der Waals surface area contributed by atoms with Crippen LogP contribution in [0.15, 0.2) is 95.1 Å². The van der Waals surface area contributed by atoms with E-state index in [9.17, 15) is 4.79 Å². The summed E-state index contributed by atoms with van der Waals surface area (Å²) >= 11 is 1.42. The molecule has 0 atom stereocenters. The molecule has 1 amide bonds. The molecule has 5 heteroatoms. The van der Waals surface area contributed by atoms with Gasteiger partial charge in [0.05, 0.1) is 18.0 Å². The zero-order valence-corrected chi connectivity index (χ0v) is 16.0. The molecule has 0 N–H and O–H groups in total. The molecule has 138 valence electrons. The molecule has 1 aromatic heterocycles. The Hall–Kier alpha value is -3.18. The Morgan fingerprint density at radius 3 is 2.32 bits per heavy atom. The summed E-state index contributed by atoms with van der Waals surface area (Å²) in [6.07, 6.45) is 5.35. The third-order valence-electron chi connectivity index (χ3n) is 4.29. The monoisotopic (exact) mass is 385 g/mol. The van der Waals surface area contributed by atoms with Crippen molar-refractivity contribution in [1.29, 1.82) is 0 Å². The average molecular weight is 385 g/mol. The molecule has 0 aliphatic carbocycles. The van der Waals surface area contributed by atoms with Crippen molar-refractivity contribution in [3.63, 3.8) is 0 Å². The molecular formula is C23H19N3OS. The van der Waals surface area contributed by atoms with Crippen LogP contribution in [-0.2, 0) is 17.9 Å². The van der Waals surface area contributed by atoms with Crippen LogP contribution in [0.25, 0.3) is 6.08 Å². The van der Waals surface area contributed by atoms with Crippen LogP contribution >= 0.6 is 11.8 Å². The molecule has 1 aliphatic rings. The number of aliphatic imine (C=N–C) groups is 1. The Morgan fingerprint density at radius 1 is 0.929 bits per heavy atom. The molecule has 0 unspecified atom stereocenters. The van der Waals surface area contributed by atoms with Gasteiger partial charge in [0, 0.05) is 12.4 Å². The number of thioether (sulfide) groups is 1. The zero-order valence-electron chi connectivity index (χ0n) is 15.2. The summed E-state index contributed by atoms with van der Waals surface area (Å²) in [6.45, 7) is 1.05. The van der Waals surface area contributed by atoms with Gasteiger partial charge in [0.1, 0.15) is 0 Å². The third-order valence-corrected chi connectivity index (χ3v) is 5.34. The average Bonchev–Trinajstić information content (AvgIpc) is 3.03. The van der Waals surface area contributed by atoms with Crippen LogP contribution in [0.4, 0.5) is 0 Å². The minimum Gasteiger partial charge on any atom is -0.282 e. The number of hydrogen-bond donors (Lipinski definition) is 0. The molecule has 3 aromatic rings. The van der Waals surface area contributed by atoms with E-state index in [0.717, 1.165) is 21.9 Å². The Bertz CT molecular complexity index is 1000. The van der Waals surface area contributed by atoms with Crippen molar-refractivity contribution in [3.05, 3.63) is 107 Å². The van der Waals surface area contributed by atoms with Crippen molar-refractivity contribution in [1.82, 2.24) is 9.88 Å². The topological polar surface area (TPSA) is 45.6 Å². The standard InChI is InChI=1S/C23H19N3OS/c27-22-21(14-20-12-7-13-24-15-20)28-23(25-16-18-8-3-1-4-9-18)26(22)17-19-10-5-2-6-11-19/h1-15H,16-17H2/b21-14+,25-23?. The number of pyridine rings is 1. The second kappa shape index (κ2) is 8.67. The summed E-state index contributed by atoms with van der Waals surface area (Å²) in [5, 5.41) is 0.729. The summed E-state index contributed by atoms with van der Waals surface area (Å²) in [5.41, 5.74) is 3.10. The summed E-state index contributed by atoms with van der Waals surface area (Å²) in [6, 6.07) is 23.9. The molecule has 2 heterocycles. The van der Waals surface area contributed by atoms with E-state index >= 15 is 0 Å². The van der Waals surface area contributed by atoms with Crippen LogP contribution < -0.4 is 0 Å². The molecule has 0 saturated carbocycles. The van der Waals surface area contributed by atoms with Crippen LogP contribution in [0.5, 0.6) is 0 Å². The maximum Gasteiger partial charge on any atom is 0.267 e. The highest BCUT2D eigenvalue weighted by atomic mass is 32.2. The quantitative estimate of drug-likeness (QED) is 0.595. The van der Waals surface area contributed by atoms with Gasteiger partial charge < -0.3 is 0 Å². The molecule has 4 rings (SSSR count). The van der Waals surface area contributed by atoms with Crippen molar-refractivity contribution >= 4 is 28.9 Å². The number of hydrogen-bond acceptors (Lipinski definition) is 4. The lowest BCUT2D eigenvalue weighted by Crippen LogP contribution is -2.28. The number of carbonyl (C=O) groups excluding carboxylic acids is 1. The van der Waals surface area contributed by atoms with Gasteiger partial charge in [0.2, 0.25) is 0 Å². The van der Waals surface area contributed by atoms with Gasteiger partial charge in [-0.05, 0) is 40.6 Å². The molecule has 1 aliphatic heterocycles. The van der Waals surface area contributed by atoms with Crippen LogP contribution in [0.3, 0.4) is 0 Å². The first kappa shape index (κ1) is 18.2. The van der Waals surface area contributed by atoms with Crippen LogP contribution in [0.2, 0.25) is 0 Å². The first-order valence-corrected chi connectivity index (χ1v) is 9.85. The van der Waals surface area contributed by atoms with E-state index in [0.29, 0.717) is 18.0 Å². The van der Waals surface area contributed by atoms with Gasteiger partial charge in [-0.1, -0.05) is 66.7 Å². The van der Waals surface area contributed by atoms with E-state index in [-0.39, 0.29) is 5.91 Å². The van der Waals surface area contributed by atoms with Gasteiger partial charge in [-0.2, -0.15) is 0 Å². The Balaban J connectivity index is 1.63. The lowest BCUT2D eigenvalue weighted by Gasteiger charge is -2.15. The second-order valence-corrected chi connectivity index (χ2v) is 7.37. The highest BCUT2D eigenvalue weighted by Crippen LogP contribution is 2.33. The molecule has 1 fully saturated rings. The van der Waals surface area contributed by atoms with Crippen LogP contribution in [-0.4, -0.2) is 21.0 Å². The molecule has 1 saturated heterocycles. The van der Waals surface area contributed by atoms with Gasteiger partial charge in [-0.3, -0.25) is 19.7 Å². The number of amidine groups is 1. The summed E-state index contributed by atoms with van der Waals surface area (Å²) < 4.78 is 0. The maximum atomic E-state index is 13.1. The lowest BCUT2D eigenvalue weighted by molar-refractivity contribution is -0.122. The van der Waals surface area contributed by atoms with Crippen molar-refractivity contribution in [2.75, 3.05) is 0 Å². The van der Waals surface area contributed by atoms with Crippen molar-refractivity contribution < 1.29 is 4.79 Å². The SMILES string of the molecule is O=C1/C(=C\c2cccnc2)SC(=NCc2ccccc2)N1Cc1ccccc1. The van der Waals surface area contributed by atoms with Gasteiger partial charge in [-0.15, -0.1) is 0 Å². The number of aromatic nitrogens is 1. The van der Waals surface area contributed by atoms with E-state index in [2.05, 4.69) is 4.98 Å². The van der Waals surface area contributed by atoms with Gasteiger partial charge >= 0.3 is 0 Å². The van der Waals surface area contributed by atoms with Gasteiger partial charge in [0.15, 0.2) is 5.17 Å². The van der Waals surface area contributed by atoms with Crippen LogP contribution in [0, 0.1) is 0 Å². The molecule has 0 bridgehead atoms. The number of benzene rings is 2. The predicted octanol–water partition coefficient (Wildman–Crippen LogP) is 4.75. The molecular weight excluding hydrogens is 366 g/mol. The fourth-order valence-corrected chi connectivity index (χ4v) is 3.86. The fraction of sp³-hybridized carbons (Fsp3) is 0.0870. The maximum absolute atomic E-state index is 13.1. The van der Waals surface area contributed by atoms with E-state index in [4.69, 9.17) is 4.99 Å². The first-order chi connectivity index (χ1) is 13.8. The molecule has 2 aromatic carbocycles. The Kier molecular flexibility index (Phi) is 5.64. The number of carbonyl (C=O) groups is 1. The minimum atomic E-state index is -0.0236. The van der Waals surface area contributed by atoms with E-state index in [1.165, 1.54) is 11.8 Å². The van der Waals surface area contributed by atoms with E-state index in [1.54, 1.807) is 17.3 Å².